The number of carbonyl (C=O) groups is 2. The van der Waals surface area contributed by atoms with Gasteiger partial charge in [0.15, 0.2) is 0 Å². The summed E-state index contributed by atoms with van der Waals surface area (Å²) in [7, 11) is 0. The smallest absolute Gasteiger partial charge is 0.411 e. The number of carboxylic acid groups (broad SMARTS) is 1. The van der Waals surface area contributed by atoms with E-state index in [0.717, 1.165) is 0 Å². The van der Waals surface area contributed by atoms with E-state index < -0.39 is 23.7 Å². The minimum Gasteiger partial charge on any atom is -0.480 e. The van der Waals surface area contributed by atoms with Crippen LogP contribution in [0.1, 0.15) is 34.1 Å². The van der Waals surface area contributed by atoms with Crippen molar-refractivity contribution in [2.45, 2.75) is 45.8 Å². The van der Waals surface area contributed by atoms with Crippen molar-refractivity contribution in [2.75, 3.05) is 6.54 Å². The van der Waals surface area contributed by atoms with Crippen molar-refractivity contribution in [3.8, 4) is 0 Å². The first kappa shape index (κ1) is 12.8. The molecule has 1 rings (SSSR count). The second kappa shape index (κ2) is 4.31. The number of carbonyl (C=O) groups excluding carboxylic acids is 1. The van der Waals surface area contributed by atoms with Crippen LogP contribution in [0.25, 0.3) is 0 Å². The summed E-state index contributed by atoms with van der Waals surface area (Å²) in [6.07, 6.45) is -0.0431. The molecule has 0 aliphatic carbocycles. The maximum atomic E-state index is 11.8. The van der Waals surface area contributed by atoms with Crippen molar-refractivity contribution in [3.05, 3.63) is 0 Å². The molecule has 1 saturated heterocycles. The molecule has 1 aliphatic heterocycles. The summed E-state index contributed by atoms with van der Waals surface area (Å²) >= 11 is 0. The van der Waals surface area contributed by atoms with E-state index >= 15 is 0 Å². The average Bonchev–Trinajstić information content (AvgIpc) is 2.44. The van der Waals surface area contributed by atoms with E-state index in [-0.39, 0.29) is 5.92 Å². The van der Waals surface area contributed by atoms with Crippen LogP contribution in [0.15, 0.2) is 0 Å². The van der Waals surface area contributed by atoms with E-state index in [1.165, 1.54) is 4.90 Å². The molecule has 0 bridgehead atoms. The number of aliphatic carboxylic acids is 1. The number of ether oxygens (including phenoxy) is 1. The Hall–Kier alpha value is -1.26. The van der Waals surface area contributed by atoms with E-state index in [4.69, 9.17) is 9.84 Å². The average molecular weight is 229 g/mol. The molecule has 0 spiro atoms. The van der Waals surface area contributed by atoms with Crippen LogP contribution >= 0.6 is 0 Å². The van der Waals surface area contributed by atoms with Gasteiger partial charge in [-0.2, -0.15) is 0 Å². The molecule has 0 aromatic rings. The highest BCUT2D eigenvalue weighted by atomic mass is 16.6. The number of rotatable bonds is 1. The number of amides is 1. The van der Waals surface area contributed by atoms with Gasteiger partial charge in [-0.05, 0) is 33.1 Å². The normalized spacial score (nSPS) is 25.6. The van der Waals surface area contributed by atoms with Crippen molar-refractivity contribution >= 4 is 12.1 Å². The molecule has 0 saturated carbocycles. The standard InChI is InChI=1S/C11H19NO4/c1-7-5-8(9(13)14)12(6-7)10(15)16-11(2,3)4/h7-8H,5-6H2,1-4H3,(H,13,14)/t7-,8+/m0/s1. The van der Waals surface area contributed by atoms with Crippen molar-refractivity contribution < 1.29 is 19.4 Å². The summed E-state index contributed by atoms with van der Waals surface area (Å²) in [5, 5.41) is 9.00. The van der Waals surface area contributed by atoms with Crippen molar-refractivity contribution in [3.63, 3.8) is 0 Å². The summed E-state index contributed by atoms with van der Waals surface area (Å²) in [4.78, 5) is 24.0. The quantitative estimate of drug-likeness (QED) is 0.743. The molecule has 5 heteroatoms. The highest BCUT2D eigenvalue weighted by Gasteiger charge is 2.39. The van der Waals surface area contributed by atoms with Crippen molar-refractivity contribution in [1.29, 1.82) is 0 Å². The summed E-state index contributed by atoms with van der Waals surface area (Å²) in [6.45, 7) is 7.67. The monoisotopic (exact) mass is 229 g/mol. The molecule has 92 valence electrons. The van der Waals surface area contributed by atoms with Crippen molar-refractivity contribution in [2.24, 2.45) is 5.92 Å². The zero-order valence-corrected chi connectivity index (χ0v) is 10.2. The molecule has 1 heterocycles. The molecule has 0 aromatic carbocycles. The first-order valence-electron chi connectivity index (χ1n) is 5.43. The maximum absolute atomic E-state index is 11.8. The lowest BCUT2D eigenvalue weighted by atomic mass is 10.1. The van der Waals surface area contributed by atoms with Gasteiger partial charge in [-0.1, -0.05) is 6.92 Å². The van der Waals surface area contributed by atoms with E-state index in [0.29, 0.717) is 13.0 Å². The van der Waals surface area contributed by atoms with Gasteiger partial charge in [-0.3, -0.25) is 4.90 Å². The van der Waals surface area contributed by atoms with E-state index in [9.17, 15) is 9.59 Å². The molecule has 1 N–H and O–H groups in total. The molecule has 1 aliphatic rings. The minimum absolute atomic E-state index is 0.202. The van der Waals surface area contributed by atoms with Crippen LogP contribution in [-0.4, -0.2) is 40.3 Å². The lowest BCUT2D eigenvalue weighted by molar-refractivity contribution is -0.142. The molecule has 16 heavy (non-hydrogen) atoms. The van der Waals surface area contributed by atoms with Gasteiger partial charge in [-0.15, -0.1) is 0 Å². The molecular weight excluding hydrogens is 210 g/mol. The Morgan fingerprint density at radius 2 is 1.94 bits per heavy atom. The summed E-state index contributed by atoms with van der Waals surface area (Å²) in [5.74, 6) is -0.760. The molecule has 0 radical (unpaired) electrons. The number of hydrogen-bond donors (Lipinski definition) is 1. The molecule has 0 unspecified atom stereocenters. The Labute approximate surface area is 95.4 Å². The zero-order chi connectivity index (χ0) is 12.5. The number of hydrogen-bond acceptors (Lipinski definition) is 3. The second-order valence-corrected chi connectivity index (χ2v) is 5.33. The fraction of sp³-hybridized carbons (Fsp3) is 0.818. The van der Waals surface area contributed by atoms with Gasteiger partial charge in [0, 0.05) is 6.54 Å². The van der Waals surface area contributed by atoms with Gasteiger partial charge >= 0.3 is 12.1 Å². The second-order valence-electron chi connectivity index (χ2n) is 5.33. The lowest BCUT2D eigenvalue weighted by Crippen LogP contribution is -2.43. The molecule has 1 amide bonds. The third kappa shape index (κ3) is 3.12. The van der Waals surface area contributed by atoms with Gasteiger partial charge in [0.1, 0.15) is 11.6 Å². The first-order valence-corrected chi connectivity index (χ1v) is 5.43. The SMILES string of the molecule is C[C@H]1C[C@H](C(=O)O)N(C(=O)OC(C)(C)C)C1. The Morgan fingerprint density at radius 1 is 1.38 bits per heavy atom. The van der Waals surface area contributed by atoms with Gasteiger partial charge in [0.05, 0.1) is 0 Å². The fourth-order valence-corrected chi connectivity index (χ4v) is 1.80. The predicted molar refractivity (Wildman–Crippen MR) is 58.1 cm³/mol. The Kier molecular flexibility index (Phi) is 3.45. The predicted octanol–water partition coefficient (Wildman–Crippen LogP) is 1.72. The summed E-state index contributed by atoms with van der Waals surface area (Å²) < 4.78 is 5.17. The molecule has 2 atom stereocenters. The van der Waals surface area contributed by atoms with Crippen LogP contribution in [0, 0.1) is 5.92 Å². The largest absolute Gasteiger partial charge is 0.480 e. The third-order valence-electron chi connectivity index (χ3n) is 2.42. The van der Waals surface area contributed by atoms with Crippen LogP contribution in [-0.2, 0) is 9.53 Å². The maximum Gasteiger partial charge on any atom is 0.411 e. The lowest BCUT2D eigenvalue weighted by Gasteiger charge is -2.26. The molecule has 5 nitrogen and oxygen atoms in total. The highest BCUT2D eigenvalue weighted by Crippen LogP contribution is 2.25. The van der Waals surface area contributed by atoms with Gasteiger partial charge in [-0.25, -0.2) is 9.59 Å². The molecule has 1 fully saturated rings. The van der Waals surface area contributed by atoms with Crippen LogP contribution in [0.2, 0.25) is 0 Å². The van der Waals surface area contributed by atoms with Gasteiger partial charge in [0.2, 0.25) is 0 Å². The summed E-state index contributed by atoms with van der Waals surface area (Å²) in [6, 6.07) is -0.746. The Balaban J connectivity index is 2.71. The topological polar surface area (TPSA) is 66.8 Å². The summed E-state index contributed by atoms with van der Waals surface area (Å²) in [5.41, 5.74) is -0.591. The van der Waals surface area contributed by atoms with Crippen LogP contribution in [0.5, 0.6) is 0 Å². The minimum atomic E-state index is -0.963. The third-order valence-corrected chi connectivity index (χ3v) is 2.42. The highest BCUT2D eigenvalue weighted by molar-refractivity contribution is 5.80. The Bertz CT molecular complexity index is 295. The number of likely N-dealkylation sites (tertiary alicyclic amines) is 1. The Morgan fingerprint density at radius 3 is 2.38 bits per heavy atom. The van der Waals surface area contributed by atoms with Crippen LogP contribution < -0.4 is 0 Å². The first-order chi connectivity index (χ1) is 7.20. The van der Waals surface area contributed by atoms with Crippen LogP contribution in [0.3, 0.4) is 0 Å². The number of carboxylic acids is 1. The van der Waals surface area contributed by atoms with Gasteiger partial charge < -0.3 is 9.84 Å². The molecular formula is C11H19NO4. The molecule has 0 aromatic heterocycles. The van der Waals surface area contributed by atoms with E-state index in [2.05, 4.69) is 0 Å². The van der Waals surface area contributed by atoms with Crippen molar-refractivity contribution in [1.82, 2.24) is 4.90 Å². The van der Waals surface area contributed by atoms with Crippen LogP contribution in [0.4, 0.5) is 4.79 Å². The fourth-order valence-electron chi connectivity index (χ4n) is 1.80. The van der Waals surface area contributed by atoms with Gasteiger partial charge in [0.25, 0.3) is 0 Å². The van der Waals surface area contributed by atoms with E-state index in [1.54, 1.807) is 20.8 Å². The van der Waals surface area contributed by atoms with E-state index in [1.807, 2.05) is 6.92 Å². The number of nitrogens with zero attached hydrogens (tertiary/aromatic N) is 1. The zero-order valence-electron chi connectivity index (χ0n) is 10.2.